The summed E-state index contributed by atoms with van der Waals surface area (Å²) in [7, 11) is 0. The molecule has 0 spiro atoms. The first-order chi connectivity index (χ1) is 37.9. The van der Waals surface area contributed by atoms with E-state index in [4.69, 9.17) is 0 Å². The van der Waals surface area contributed by atoms with Gasteiger partial charge in [0.05, 0.1) is 66.7 Å². The number of aromatic nitrogens is 4. The van der Waals surface area contributed by atoms with Crippen molar-refractivity contribution in [2.24, 2.45) is 0 Å². The summed E-state index contributed by atoms with van der Waals surface area (Å²) >= 11 is 0. The van der Waals surface area contributed by atoms with Gasteiger partial charge in [0.25, 0.3) is 0 Å². The monoisotopic (exact) mass is 1010 g/mol. The molecule has 4 aromatic heterocycles. The zero-order valence-corrected chi connectivity index (χ0v) is 45.9. The average molecular weight is 1010 g/mol. The lowest BCUT2D eigenvalue weighted by molar-refractivity contribution is 0.868. The molecule has 78 heavy (non-hydrogen) atoms. The zero-order valence-electron chi connectivity index (χ0n) is 45.9. The van der Waals surface area contributed by atoms with Crippen molar-refractivity contribution >= 4 is 88.1 Å². The first kappa shape index (κ1) is 47.4. The van der Waals surface area contributed by atoms with Gasteiger partial charge < -0.3 is 13.7 Å². The van der Waals surface area contributed by atoms with Crippen LogP contribution in [-0.4, -0.2) is 18.3 Å². The Morgan fingerprint density at radius 1 is 0.385 bits per heavy atom. The van der Waals surface area contributed by atoms with Crippen LogP contribution in [-0.2, 0) is 0 Å². The summed E-state index contributed by atoms with van der Waals surface area (Å²) in [5.74, 6) is 1.27. The highest BCUT2D eigenvalue weighted by atomic mass is 15.1. The average Bonchev–Trinajstić information content (AvgIpc) is 4.16. The second kappa shape index (κ2) is 17.8. The number of fused-ring (bicyclic) bond motifs is 12. The molecule has 0 saturated heterocycles. The highest BCUT2D eigenvalue weighted by Gasteiger charge is 2.35. The van der Waals surface area contributed by atoms with Gasteiger partial charge in [0.2, 0.25) is 0 Å². The van der Waals surface area contributed by atoms with Crippen LogP contribution in [0.25, 0.3) is 122 Å². The molecule has 0 amide bonds. The SMILES string of the molecule is Cc1ccc(-c2c(-n3c4ccc(C(C)C)cc4c4cc(C(C)C)ccc43)c(-n3c4c(c5ccccc53)=CC=C=4)c(C#N)c(-n3c4ccccc4c4ccccc43)c2-n2c3ccc(C(C)C)cc3c3cc(C(C)C)ccc32)cc1. The predicted molar refractivity (Wildman–Crippen MR) is 329 cm³/mol. The quantitative estimate of drug-likeness (QED) is 0.142. The summed E-state index contributed by atoms with van der Waals surface area (Å²) in [4.78, 5) is 0. The smallest absolute Gasteiger partial charge is 0.104 e. The van der Waals surface area contributed by atoms with Gasteiger partial charge in [-0.1, -0.05) is 170 Å². The number of rotatable bonds is 9. The Kier molecular flexibility index (Phi) is 10.8. The van der Waals surface area contributed by atoms with Gasteiger partial charge in [-0.2, -0.15) is 5.26 Å². The fourth-order valence-electron chi connectivity index (χ4n) is 12.9. The van der Waals surface area contributed by atoms with E-state index in [0.717, 1.165) is 99.2 Å². The molecule has 1 aliphatic carbocycles. The maximum Gasteiger partial charge on any atom is 0.104 e. The molecule has 5 nitrogen and oxygen atoms in total. The van der Waals surface area contributed by atoms with Crippen LogP contribution in [0.2, 0.25) is 0 Å². The van der Waals surface area contributed by atoms with Crippen molar-refractivity contribution in [3.8, 4) is 39.9 Å². The number of nitriles is 1. The highest BCUT2D eigenvalue weighted by molar-refractivity contribution is 6.16. The minimum absolute atomic E-state index is 0.317. The molecule has 4 heterocycles. The van der Waals surface area contributed by atoms with Crippen molar-refractivity contribution in [1.29, 1.82) is 5.26 Å². The van der Waals surface area contributed by atoms with Crippen molar-refractivity contribution < 1.29 is 0 Å². The third-order valence-electron chi connectivity index (χ3n) is 17.0. The third-order valence-corrected chi connectivity index (χ3v) is 17.0. The van der Waals surface area contributed by atoms with Crippen LogP contribution in [0.1, 0.15) is 112 Å². The summed E-state index contributed by atoms with van der Waals surface area (Å²) in [5.41, 5.74) is 23.5. The van der Waals surface area contributed by atoms with Crippen LogP contribution in [0.4, 0.5) is 0 Å². The minimum Gasteiger partial charge on any atom is -0.306 e. The first-order valence-electron chi connectivity index (χ1n) is 27.8. The van der Waals surface area contributed by atoms with E-state index in [2.05, 4.69) is 268 Å². The largest absolute Gasteiger partial charge is 0.306 e. The molecule has 14 rings (SSSR count). The summed E-state index contributed by atoms with van der Waals surface area (Å²) in [6, 6.07) is 66.7. The molecule has 0 unspecified atom stereocenters. The van der Waals surface area contributed by atoms with E-state index >= 15 is 0 Å². The molecule has 0 N–H and O–H groups in total. The second-order valence-corrected chi connectivity index (χ2v) is 23.0. The van der Waals surface area contributed by atoms with Crippen LogP contribution in [0.3, 0.4) is 0 Å². The number of hydrogen-bond donors (Lipinski definition) is 0. The van der Waals surface area contributed by atoms with E-state index in [9.17, 15) is 5.26 Å². The molecule has 5 heteroatoms. The molecular weight excluding hydrogens is 947 g/mol. The van der Waals surface area contributed by atoms with E-state index < -0.39 is 0 Å². The van der Waals surface area contributed by atoms with Gasteiger partial charge in [-0.05, 0) is 137 Å². The fourth-order valence-corrected chi connectivity index (χ4v) is 12.9. The van der Waals surface area contributed by atoms with Crippen molar-refractivity contribution in [2.75, 3.05) is 0 Å². The maximum atomic E-state index is 12.9. The van der Waals surface area contributed by atoms with Crippen LogP contribution in [0.5, 0.6) is 0 Å². The normalized spacial score (nSPS) is 12.6. The van der Waals surface area contributed by atoms with Crippen LogP contribution in [0.15, 0.2) is 176 Å². The van der Waals surface area contributed by atoms with Gasteiger partial charge in [0, 0.05) is 48.5 Å². The van der Waals surface area contributed by atoms with Gasteiger partial charge in [0.1, 0.15) is 11.6 Å². The Morgan fingerprint density at radius 3 is 1.15 bits per heavy atom. The van der Waals surface area contributed by atoms with Crippen LogP contribution >= 0.6 is 0 Å². The summed E-state index contributed by atoms with van der Waals surface area (Å²) in [6.07, 6.45) is 4.22. The van der Waals surface area contributed by atoms with E-state index in [1.165, 1.54) is 49.4 Å². The third kappa shape index (κ3) is 6.86. The van der Waals surface area contributed by atoms with Crippen molar-refractivity contribution in [3.63, 3.8) is 0 Å². The second-order valence-electron chi connectivity index (χ2n) is 23.0. The molecule has 9 aromatic carbocycles. The molecule has 0 aliphatic heterocycles. The number of aryl methyl sites for hydroxylation is 1. The summed E-state index contributed by atoms with van der Waals surface area (Å²) < 4.78 is 9.84. The van der Waals surface area contributed by atoms with E-state index in [-0.39, 0.29) is 0 Å². The van der Waals surface area contributed by atoms with Crippen molar-refractivity contribution in [2.45, 2.75) is 86.0 Å². The fraction of sp³-hybridized carbons (Fsp3) is 0.178. The molecule has 1 aliphatic rings. The standard InChI is InChI=1S/C73H61N5/c1-42(2)48-29-33-65-56(37-48)57-38-49(43(3)4)30-34-66(57)77(65)72-69(47-27-25-46(9)26-28-47)73(78-67-35-31-50(44(5)6)39-58(67)59-40-51(45(7)8)32-36-68(59)78)71(76-63-23-15-12-19-54(63)55-20-16-24-64(55)76)60(41-74)70(72)75-61-21-13-10-17-52(61)53-18-11-14-22-62(53)75/h10-23,25-40,42-45H,1-9H3. The van der Waals surface area contributed by atoms with Gasteiger partial charge in [-0.3, -0.25) is 4.57 Å². The predicted octanol–water partition coefficient (Wildman–Crippen LogP) is 18.0. The Labute approximate surface area is 455 Å². The van der Waals surface area contributed by atoms with E-state index in [0.29, 0.717) is 29.2 Å². The summed E-state index contributed by atoms with van der Waals surface area (Å²) in [6.45, 7) is 20.4. The lowest BCUT2D eigenvalue weighted by atomic mass is 9.93. The van der Waals surface area contributed by atoms with E-state index in [1.807, 2.05) is 6.08 Å². The molecule has 378 valence electrons. The Balaban J connectivity index is 1.35. The molecule has 0 atom stereocenters. The highest BCUT2D eigenvalue weighted by Crippen LogP contribution is 2.51. The lowest BCUT2D eigenvalue weighted by Crippen LogP contribution is -2.28. The molecule has 13 aromatic rings. The Bertz CT molecular complexity index is 4730. The van der Waals surface area contributed by atoms with Crippen LogP contribution in [0, 0.1) is 18.3 Å². The number of para-hydroxylation sites is 3. The van der Waals surface area contributed by atoms with Gasteiger partial charge in [-0.15, -0.1) is 0 Å². The van der Waals surface area contributed by atoms with Gasteiger partial charge in [0.15, 0.2) is 0 Å². The number of nitrogens with zero attached hydrogens (tertiary/aromatic N) is 5. The van der Waals surface area contributed by atoms with Crippen molar-refractivity contribution in [1.82, 2.24) is 18.3 Å². The van der Waals surface area contributed by atoms with Gasteiger partial charge >= 0.3 is 0 Å². The van der Waals surface area contributed by atoms with Crippen molar-refractivity contribution in [3.05, 3.63) is 220 Å². The molecule has 0 fully saturated rings. The Hall–Kier alpha value is -9.07. The molecule has 0 saturated carbocycles. The van der Waals surface area contributed by atoms with E-state index in [1.54, 1.807) is 0 Å². The molecule has 0 bridgehead atoms. The zero-order chi connectivity index (χ0) is 53.4. The van der Waals surface area contributed by atoms with Crippen LogP contribution < -0.4 is 10.6 Å². The minimum atomic E-state index is 0.317. The number of allylic oxidation sites excluding steroid dienone is 1. The maximum absolute atomic E-state index is 12.9. The number of benzene rings is 9. The summed E-state index contributed by atoms with van der Waals surface area (Å²) in [5, 5.41) is 23.0. The Morgan fingerprint density at radius 2 is 0.744 bits per heavy atom. The number of hydrogen-bond acceptors (Lipinski definition) is 1. The lowest BCUT2D eigenvalue weighted by Gasteiger charge is -2.29. The topological polar surface area (TPSA) is 43.5 Å². The molecule has 0 radical (unpaired) electrons. The van der Waals surface area contributed by atoms with Gasteiger partial charge in [-0.25, -0.2) is 0 Å². The first-order valence-corrected chi connectivity index (χ1v) is 27.8. The molecular formula is C73H61N5.